The maximum absolute atomic E-state index is 13.1. The van der Waals surface area contributed by atoms with E-state index in [0.717, 1.165) is 11.1 Å². The van der Waals surface area contributed by atoms with Crippen LogP contribution in [0.4, 0.5) is 0 Å². The summed E-state index contributed by atoms with van der Waals surface area (Å²) >= 11 is 0. The first-order chi connectivity index (χ1) is 12.3. The maximum atomic E-state index is 13.1. The van der Waals surface area contributed by atoms with Gasteiger partial charge in [0.25, 0.3) is 0 Å². The van der Waals surface area contributed by atoms with Crippen molar-refractivity contribution >= 4 is 23.1 Å². The van der Waals surface area contributed by atoms with Gasteiger partial charge in [-0.05, 0) is 29.3 Å². The van der Waals surface area contributed by atoms with Gasteiger partial charge in [-0.3, -0.25) is 4.79 Å². The number of benzene rings is 3. The van der Waals surface area contributed by atoms with Crippen molar-refractivity contribution < 1.29 is 4.42 Å². The van der Waals surface area contributed by atoms with E-state index < -0.39 is 0 Å². The Morgan fingerprint density at radius 3 is 2.08 bits per heavy atom. The standard InChI is InChI=1S/C23H16O2/c24-23-19-13-7-8-14-20(19)25-21(16-15-17-9-3-1-4-10-17)22(23)18-11-5-2-6-12-18/h1-16H. The second kappa shape index (κ2) is 6.62. The molecule has 0 radical (unpaired) electrons. The van der Waals surface area contributed by atoms with Crippen LogP contribution in [0.25, 0.3) is 34.2 Å². The van der Waals surface area contributed by atoms with Crippen molar-refractivity contribution in [3.05, 3.63) is 106 Å². The summed E-state index contributed by atoms with van der Waals surface area (Å²) in [5.41, 5.74) is 3.08. The van der Waals surface area contributed by atoms with E-state index in [1.54, 1.807) is 6.07 Å². The zero-order valence-corrected chi connectivity index (χ0v) is 13.6. The zero-order valence-electron chi connectivity index (χ0n) is 13.6. The Balaban J connectivity index is 1.96. The number of fused-ring (bicyclic) bond motifs is 1. The molecule has 4 aromatic rings. The van der Waals surface area contributed by atoms with Gasteiger partial charge in [0, 0.05) is 0 Å². The van der Waals surface area contributed by atoms with E-state index in [-0.39, 0.29) is 5.43 Å². The Morgan fingerprint density at radius 2 is 1.32 bits per heavy atom. The minimum atomic E-state index is -0.0132. The summed E-state index contributed by atoms with van der Waals surface area (Å²) in [6, 6.07) is 27.0. The van der Waals surface area contributed by atoms with Crippen LogP contribution in [0.15, 0.2) is 94.1 Å². The lowest BCUT2D eigenvalue weighted by molar-refractivity contribution is 0.593. The highest BCUT2D eigenvalue weighted by molar-refractivity contribution is 5.87. The minimum absolute atomic E-state index is 0.0132. The lowest BCUT2D eigenvalue weighted by atomic mass is 10.0. The molecule has 0 unspecified atom stereocenters. The van der Waals surface area contributed by atoms with Crippen molar-refractivity contribution in [2.24, 2.45) is 0 Å². The largest absolute Gasteiger partial charge is 0.456 e. The molecule has 0 bridgehead atoms. The predicted molar refractivity (Wildman–Crippen MR) is 103 cm³/mol. The molecule has 0 atom stereocenters. The Morgan fingerprint density at radius 1 is 0.680 bits per heavy atom. The molecule has 2 nitrogen and oxygen atoms in total. The van der Waals surface area contributed by atoms with Gasteiger partial charge in [-0.1, -0.05) is 78.9 Å². The van der Waals surface area contributed by atoms with E-state index in [1.807, 2.05) is 91.0 Å². The Bertz CT molecular complexity index is 1090. The molecular formula is C23H16O2. The van der Waals surface area contributed by atoms with E-state index in [9.17, 15) is 4.79 Å². The lowest BCUT2D eigenvalue weighted by Gasteiger charge is -2.07. The summed E-state index contributed by atoms with van der Waals surface area (Å²) in [7, 11) is 0. The Labute approximate surface area is 145 Å². The number of hydrogen-bond acceptors (Lipinski definition) is 2. The molecule has 0 aliphatic carbocycles. The molecule has 0 saturated carbocycles. The molecule has 0 amide bonds. The van der Waals surface area contributed by atoms with Gasteiger partial charge in [-0.15, -0.1) is 0 Å². The van der Waals surface area contributed by atoms with E-state index >= 15 is 0 Å². The van der Waals surface area contributed by atoms with Gasteiger partial charge in [0.15, 0.2) is 0 Å². The summed E-state index contributed by atoms with van der Waals surface area (Å²) in [6.07, 6.45) is 3.82. The second-order valence-corrected chi connectivity index (χ2v) is 5.78. The summed E-state index contributed by atoms with van der Waals surface area (Å²) in [5, 5.41) is 0.596. The molecule has 3 aromatic carbocycles. The van der Waals surface area contributed by atoms with Crippen LogP contribution < -0.4 is 5.43 Å². The average Bonchev–Trinajstić information content (AvgIpc) is 2.68. The Kier molecular flexibility index (Phi) is 4.01. The van der Waals surface area contributed by atoms with Crippen molar-refractivity contribution in [2.75, 3.05) is 0 Å². The summed E-state index contributed by atoms with van der Waals surface area (Å²) in [6.45, 7) is 0. The topological polar surface area (TPSA) is 30.2 Å². The van der Waals surface area contributed by atoms with Gasteiger partial charge < -0.3 is 4.42 Å². The fourth-order valence-corrected chi connectivity index (χ4v) is 2.89. The molecule has 120 valence electrons. The smallest absolute Gasteiger partial charge is 0.201 e. The predicted octanol–water partition coefficient (Wildman–Crippen LogP) is 5.63. The number of rotatable bonds is 3. The van der Waals surface area contributed by atoms with Crippen LogP contribution in [-0.4, -0.2) is 0 Å². The first-order valence-electron chi connectivity index (χ1n) is 8.17. The van der Waals surface area contributed by atoms with E-state index in [1.165, 1.54) is 0 Å². The van der Waals surface area contributed by atoms with Gasteiger partial charge >= 0.3 is 0 Å². The molecule has 25 heavy (non-hydrogen) atoms. The molecule has 0 saturated heterocycles. The molecule has 1 aromatic heterocycles. The van der Waals surface area contributed by atoms with Gasteiger partial charge in [0.05, 0.1) is 10.9 Å². The number of hydrogen-bond donors (Lipinski definition) is 0. The normalized spacial score (nSPS) is 11.2. The molecule has 0 fully saturated rings. The highest BCUT2D eigenvalue weighted by Crippen LogP contribution is 2.26. The Hall–Kier alpha value is -3.39. The van der Waals surface area contributed by atoms with Gasteiger partial charge in [0.1, 0.15) is 11.3 Å². The first-order valence-corrected chi connectivity index (χ1v) is 8.17. The fourth-order valence-electron chi connectivity index (χ4n) is 2.89. The SMILES string of the molecule is O=c1c(-c2ccccc2)c(C=Cc2ccccc2)oc2ccccc12. The van der Waals surface area contributed by atoms with Crippen molar-refractivity contribution in [1.82, 2.24) is 0 Å². The van der Waals surface area contributed by atoms with Crippen LogP contribution in [-0.2, 0) is 0 Å². The molecule has 1 heterocycles. The number of para-hydroxylation sites is 1. The highest BCUT2D eigenvalue weighted by atomic mass is 16.3. The van der Waals surface area contributed by atoms with Crippen molar-refractivity contribution in [3.8, 4) is 11.1 Å². The quantitative estimate of drug-likeness (QED) is 0.489. The van der Waals surface area contributed by atoms with Crippen LogP contribution in [0.5, 0.6) is 0 Å². The highest BCUT2D eigenvalue weighted by Gasteiger charge is 2.14. The van der Waals surface area contributed by atoms with Crippen LogP contribution >= 0.6 is 0 Å². The van der Waals surface area contributed by atoms with E-state index in [2.05, 4.69) is 0 Å². The third-order valence-electron chi connectivity index (χ3n) is 4.11. The minimum Gasteiger partial charge on any atom is -0.456 e. The fraction of sp³-hybridized carbons (Fsp3) is 0. The van der Waals surface area contributed by atoms with Gasteiger partial charge in [-0.25, -0.2) is 0 Å². The van der Waals surface area contributed by atoms with Crippen LogP contribution in [0.3, 0.4) is 0 Å². The first kappa shape index (κ1) is 15.2. The molecule has 4 rings (SSSR count). The van der Waals surface area contributed by atoms with Gasteiger partial charge in [-0.2, -0.15) is 0 Å². The van der Waals surface area contributed by atoms with Crippen molar-refractivity contribution in [1.29, 1.82) is 0 Å². The van der Waals surface area contributed by atoms with Crippen molar-refractivity contribution in [3.63, 3.8) is 0 Å². The summed E-state index contributed by atoms with van der Waals surface area (Å²) in [5.74, 6) is 0.568. The third-order valence-corrected chi connectivity index (χ3v) is 4.11. The maximum Gasteiger partial charge on any atom is 0.201 e. The summed E-state index contributed by atoms with van der Waals surface area (Å²) in [4.78, 5) is 13.1. The average molecular weight is 324 g/mol. The van der Waals surface area contributed by atoms with E-state index in [4.69, 9.17) is 4.42 Å². The third kappa shape index (κ3) is 3.02. The summed E-state index contributed by atoms with van der Waals surface area (Å²) < 4.78 is 6.06. The van der Waals surface area contributed by atoms with Gasteiger partial charge in [0.2, 0.25) is 5.43 Å². The molecule has 0 aliphatic rings. The molecular weight excluding hydrogens is 308 g/mol. The molecule has 2 heteroatoms. The molecule has 0 N–H and O–H groups in total. The van der Waals surface area contributed by atoms with Crippen LogP contribution in [0, 0.1) is 0 Å². The second-order valence-electron chi connectivity index (χ2n) is 5.78. The van der Waals surface area contributed by atoms with E-state index in [0.29, 0.717) is 22.3 Å². The lowest BCUT2D eigenvalue weighted by Crippen LogP contribution is -2.07. The molecule has 0 aliphatic heterocycles. The van der Waals surface area contributed by atoms with Crippen LogP contribution in [0.2, 0.25) is 0 Å². The van der Waals surface area contributed by atoms with Crippen LogP contribution in [0.1, 0.15) is 11.3 Å². The zero-order chi connectivity index (χ0) is 17.1. The molecule has 0 spiro atoms. The monoisotopic (exact) mass is 324 g/mol. The van der Waals surface area contributed by atoms with Crippen molar-refractivity contribution in [2.45, 2.75) is 0 Å².